The van der Waals surface area contributed by atoms with Crippen molar-refractivity contribution in [2.24, 2.45) is 0 Å². The number of aryl methyl sites for hydroxylation is 1. The first-order chi connectivity index (χ1) is 9.15. The van der Waals surface area contributed by atoms with Gasteiger partial charge < -0.3 is 10.3 Å². The zero-order valence-electron chi connectivity index (χ0n) is 10.5. The lowest BCUT2D eigenvalue weighted by Gasteiger charge is -2.06. The van der Waals surface area contributed by atoms with E-state index in [1.165, 1.54) is 16.0 Å². The highest BCUT2D eigenvalue weighted by atomic mass is 35.5. The minimum Gasteiger partial charge on any atom is -0.364 e. The summed E-state index contributed by atoms with van der Waals surface area (Å²) in [6, 6.07) is 0. The Kier molecular flexibility index (Phi) is 3.12. The summed E-state index contributed by atoms with van der Waals surface area (Å²) in [7, 11) is 0. The minimum atomic E-state index is 0.195. The van der Waals surface area contributed by atoms with Crippen LogP contribution in [0.4, 0.5) is 5.82 Å². The molecular formula is C12H12ClN5S. The third-order valence-corrected chi connectivity index (χ3v) is 4.32. The molecule has 0 aromatic carbocycles. The molecule has 0 saturated heterocycles. The molecular weight excluding hydrogens is 282 g/mol. The number of hydrogen-bond donors (Lipinski definition) is 2. The zero-order valence-corrected chi connectivity index (χ0v) is 12.1. The molecule has 3 rings (SSSR count). The van der Waals surface area contributed by atoms with E-state index in [0.717, 1.165) is 5.52 Å². The number of anilines is 1. The standard InChI is InChI=1S/C12H12ClN5S/c1-6-7(2)19-4-8(6)3-14-10-9-11(16-5-15-9)18-12(13)17-10/h4-5H,3H2,1-2H3,(H2,14,15,16,17,18). The highest BCUT2D eigenvalue weighted by Gasteiger charge is 2.10. The van der Waals surface area contributed by atoms with Gasteiger partial charge in [0.25, 0.3) is 0 Å². The van der Waals surface area contributed by atoms with Crippen molar-refractivity contribution in [3.05, 3.63) is 33.0 Å². The predicted molar refractivity (Wildman–Crippen MR) is 77.8 cm³/mol. The van der Waals surface area contributed by atoms with E-state index in [0.29, 0.717) is 18.0 Å². The molecule has 0 aliphatic heterocycles. The fourth-order valence-corrected chi connectivity index (χ4v) is 2.90. The van der Waals surface area contributed by atoms with Crippen LogP contribution in [-0.2, 0) is 6.54 Å². The lowest BCUT2D eigenvalue weighted by Crippen LogP contribution is -2.03. The Labute approximate surface area is 119 Å². The van der Waals surface area contributed by atoms with Crippen LogP contribution in [0.3, 0.4) is 0 Å². The molecule has 2 N–H and O–H groups in total. The maximum Gasteiger partial charge on any atom is 0.226 e. The van der Waals surface area contributed by atoms with Gasteiger partial charge in [0, 0.05) is 11.4 Å². The summed E-state index contributed by atoms with van der Waals surface area (Å²) < 4.78 is 0. The monoisotopic (exact) mass is 293 g/mol. The number of imidazole rings is 1. The molecule has 0 saturated carbocycles. The number of nitrogens with zero attached hydrogens (tertiary/aromatic N) is 3. The number of H-pyrrole nitrogens is 1. The van der Waals surface area contributed by atoms with Crippen molar-refractivity contribution in [2.75, 3.05) is 5.32 Å². The lowest BCUT2D eigenvalue weighted by atomic mass is 10.2. The van der Waals surface area contributed by atoms with Crippen molar-refractivity contribution in [3.8, 4) is 0 Å². The smallest absolute Gasteiger partial charge is 0.226 e. The van der Waals surface area contributed by atoms with E-state index < -0.39 is 0 Å². The zero-order chi connectivity index (χ0) is 13.4. The quantitative estimate of drug-likeness (QED) is 0.727. The third kappa shape index (κ3) is 2.29. The Morgan fingerprint density at radius 2 is 2.21 bits per heavy atom. The van der Waals surface area contributed by atoms with Crippen molar-refractivity contribution < 1.29 is 0 Å². The second-order valence-corrected chi connectivity index (χ2v) is 5.66. The van der Waals surface area contributed by atoms with Crippen molar-refractivity contribution >= 4 is 39.9 Å². The number of nitrogens with one attached hydrogen (secondary N) is 2. The molecule has 3 heterocycles. The van der Waals surface area contributed by atoms with Crippen molar-refractivity contribution in [1.82, 2.24) is 19.9 Å². The second kappa shape index (κ2) is 4.79. The lowest BCUT2D eigenvalue weighted by molar-refractivity contribution is 1.09. The summed E-state index contributed by atoms with van der Waals surface area (Å²) in [6.45, 7) is 4.96. The van der Waals surface area contributed by atoms with Crippen LogP contribution < -0.4 is 5.32 Å². The van der Waals surface area contributed by atoms with Gasteiger partial charge in [-0.2, -0.15) is 9.97 Å². The Hall–Kier alpha value is -1.66. The third-order valence-electron chi connectivity index (χ3n) is 3.09. The number of aromatic nitrogens is 4. The van der Waals surface area contributed by atoms with Gasteiger partial charge in [0.1, 0.15) is 5.52 Å². The van der Waals surface area contributed by atoms with E-state index >= 15 is 0 Å². The number of hydrogen-bond acceptors (Lipinski definition) is 5. The Balaban J connectivity index is 1.89. The van der Waals surface area contributed by atoms with Gasteiger partial charge in [0.15, 0.2) is 11.5 Å². The first-order valence-corrected chi connectivity index (χ1v) is 7.05. The molecule has 5 nitrogen and oxygen atoms in total. The fraction of sp³-hybridized carbons (Fsp3) is 0.250. The van der Waals surface area contributed by atoms with E-state index in [4.69, 9.17) is 11.6 Å². The largest absolute Gasteiger partial charge is 0.364 e. The first-order valence-electron chi connectivity index (χ1n) is 5.79. The Bertz CT molecular complexity index is 733. The summed E-state index contributed by atoms with van der Waals surface area (Å²) in [5.41, 5.74) is 3.93. The van der Waals surface area contributed by atoms with Crippen molar-refractivity contribution in [3.63, 3.8) is 0 Å². The number of aromatic amines is 1. The van der Waals surface area contributed by atoms with E-state index in [9.17, 15) is 0 Å². The number of halogens is 1. The van der Waals surface area contributed by atoms with Gasteiger partial charge in [0.05, 0.1) is 6.33 Å². The SMILES string of the molecule is Cc1scc(CNc2nc(Cl)nc3nc[nH]c23)c1C. The predicted octanol–water partition coefficient (Wildman–Crippen LogP) is 3.30. The second-order valence-electron chi connectivity index (χ2n) is 4.24. The van der Waals surface area contributed by atoms with Crippen LogP contribution in [0.5, 0.6) is 0 Å². The number of fused-ring (bicyclic) bond motifs is 1. The average Bonchev–Trinajstić information content (AvgIpc) is 2.96. The van der Waals surface area contributed by atoms with E-state index in [1.807, 2.05) is 0 Å². The summed E-state index contributed by atoms with van der Waals surface area (Å²) >= 11 is 7.64. The van der Waals surface area contributed by atoms with Crippen molar-refractivity contribution in [2.45, 2.75) is 20.4 Å². The van der Waals surface area contributed by atoms with Crippen LogP contribution in [0.15, 0.2) is 11.7 Å². The Morgan fingerprint density at radius 3 is 2.95 bits per heavy atom. The molecule has 0 fully saturated rings. The van der Waals surface area contributed by atoms with Gasteiger partial charge in [-0.1, -0.05) is 0 Å². The van der Waals surface area contributed by atoms with Gasteiger partial charge in [-0.25, -0.2) is 4.98 Å². The van der Waals surface area contributed by atoms with Gasteiger partial charge in [0.2, 0.25) is 5.28 Å². The molecule has 0 aliphatic rings. The number of thiophene rings is 1. The molecule has 7 heteroatoms. The van der Waals surface area contributed by atoms with Crippen LogP contribution in [0, 0.1) is 13.8 Å². The average molecular weight is 294 g/mol. The maximum absolute atomic E-state index is 5.88. The topological polar surface area (TPSA) is 66.5 Å². The molecule has 0 bridgehead atoms. The van der Waals surface area contributed by atoms with Crippen molar-refractivity contribution in [1.29, 1.82) is 0 Å². The van der Waals surface area contributed by atoms with Crippen LogP contribution in [0.2, 0.25) is 5.28 Å². The van der Waals surface area contributed by atoms with E-state index in [2.05, 4.69) is 44.5 Å². The van der Waals surface area contributed by atoms with Gasteiger partial charge in [-0.3, -0.25) is 0 Å². The van der Waals surface area contributed by atoms with Gasteiger partial charge in [-0.15, -0.1) is 11.3 Å². The molecule has 0 unspecified atom stereocenters. The van der Waals surface area contributed by atoms with Gasteiger partial charge >= 0.3 is 0 Å². The molecule has 3 aromatic heterocycles. The summed E-state index contributed by atoms with van der Waals surface area (Å²) in [5, 5.41) is 5.64. The molecule has 0 aliphatic carbocycles. The number of rotatable bonds is 3. The van der Waals surface area contributed by atoms with Crippen LogP contribution in [0.1, 0.15) is 16.0 Å². The molecule has 0 atom stereocenters. The molecule has 0 amide bonds. The summed E-state index contributed by atoms with van der Waals surface area (Å²) in [5.74, 6) is 0.677. The minimum absolute atomic E-state index is 0.195. The molecule has 98 valence electrons. The molecule has 19 heavy (non-hydrogen) atoms. The maximum atomic E-state index is 5.88. The first kappa shape index (κ1) is 12.4. The fourth-order valence-electron chi connectivity index (χ4n) is 1.85. The summed E-state index contributed by atoms with van der Waals surface area (Å²) in [4.78, 5) is 16.7. The van der Waals surface area contributed by atoms with E-state index in [1.54, 1.807) is 17.7 Å². The Morgan fingerprint density at radius 1 is 1.37 bits per heavy atom. The van der Waals surface area contributed by atoms with Crippen LogP contribution >= 0.6 is 22.9 Å². The normalized spacial score (nSPS) is 11.1. The molecule has 3 aromatic rings. The van der Waals surface area contributed by atoms with Crippen LogP contribution in [0.25, 0.3) is 11.2 Å². The van der Waals surface area contributed by atoms with Crippen LogP contribution in [-0.4, -0.2) is 19.9 Å². The summed E-state index contributed by atoms with van der Waals surface area (Å²) in [6.07, 6.45) is 1.58. The van der Waals surface area contributed by atoms with Gasteiger partial charge in [-0.05, 0) is 42.0 Å². The molecule has 0 spiro atoms. The van der Waals surface area contributed by atoms with E-state index in [-0.39, 0.29) is 5.28 Å². The highest BCUT2D eigenvalue weighted by molar-refractivity contribution is 7.10. The highest BCUT2D eigenvalue weighted by Crippen LogP contribution is 2.23. The molecule has 0 radical (unpaired) electrons.